The first-order valence-corrected chi connectivity index (χ1v) is 26.1. The van der Waals surface area contributed by atoms with E-state index in [2.05, 4.69) is 27.8 Å². The van der Waals surface area contributed by atoms with Crippen LogP contribution in [0.15, 0.2) is 29.3 Å². The van der Waals surface area contributed by atoms with E-state index in [1.165, 1.54) is 39.0 Å². The van der Waals surface area contributed by atoms with Crippen molar-refractivity contribution in [2.24, 2.45) is 33.4 Å². The second-order valence-corrected chi connectivity index (χ2v) is 22.6. The number of guanidine groups is 1. The summed E-state index contributed by atoms with van der Waals surface area (Å²) in [6.45, 7) is 3.49. The van der Waals surface area contributed by atoms with Crippen LogP contribution in [0.5, 0.6) is 11.5 Å². The number of hydrogen-bond donors (Lipinski definition) is 8. The van der Waals surface area contributed by atoms with Crippen LogP contribution < -0.4 is 26.4 Å². The number of phenols is 1. The lowest BCUT2D eigenvalue weighted by Crippen LogP contribution is -2.59. The molecule has 3 aliphatic heterocycles. The minimum absolute atomic E-state index is 0.0221. The first-order chi connectivity index (χ1) is 29.9. The number of fused-ring (bicyclic) bond motifs is 5. The molecule has 1 aromatic rings. The van der Waals surface area contributed by atoms with Gasteiger partial charge in [0.1, 0.15) is 12.2 Å². The summed E-state index contributed by atoms with van der Waals surface area (Å²) in [5.74, 6) is 8.89. The number of aromatic hydroxyl groups is 1. The summed E-state index contributed by atoms with van der Waals surface area (Å²) in [4.78, 5) is 18.1. The van der Waals surface area contributed by atoms with E-state index < -0.39 is 41.7 Å². The average molecular weight is 894 g/mol. The first-order valence-electron chi connectivity index (χ1n) is 23.6. The van der Waals surface area contributed by atoms with Crippen molar-refractivity contribution in [1.82, 2.24) is 16.0 Å². The highest BCUT2D eigenvalue weighted by atomic mass is 33.1. The Kier molecular flexibility index (Phi) is 14.7. The Balaban J connectivity index is 1.25. The van der Waals surface area contributed by atoms with E-state index in [1.54, 1.807) is 6.07 Å². The molecule has 6 bridgehead atoms. The lowest BCUT2D eigenvalue weighted by atomic mass is 9.65. The van der Waals surface area contributed by atoms with E-state index in [-0.39, 0.29) is 41.9 Å². The van der Waals surface area contributed by atoms with E-state index in [0.29, 0.717) is 54.8 Å². The number of aliphatic imine (C=N–C) groups is 1. The van der Waals surface area contributed by atoms with E-state index in [1.807, 2.05) is 39.8 Å². The number of nitrogens with zero attached hydrogens (tertiary/aromatic N) is 1. The zero-order valence-electron chi connectivity index (χ0n) is 36.7. The summed E-state index contributed by atoms with van der Waals surface area (Å²) in [7, 11) is 3.84. The maximum absolute atomic E-state index is 12.9. The number of benzene rings is 1. The number of esters is 1. The molecule has 8 rings (SSSR count). The number of nitrogens with one attached hydrogen (secondary N) is 3. The molecule has 12 nitrogen and oxygen atoms in total. The number of rotatable bonds is 2. The lowest BCUT2D eigenvalue weighted by molar-refractivity contribution is -0.152. The lowest BCUT2D eigenvalue weighted by Gasteiger charge is -2.47. The molecule has 62 heavy (non-hydrogen) atoms. The molecule has 7 aliphatic rings. The quantitative estimate of drug-likeness (QED) is 0.0790. The summed E-state index contributed by atoms with van der Waals surface area (Å²) < 4.78 is 12.8. The second-order valence-electron chi connectivity index (χ2n) is 20.0. The van der Waals surface area contributed by atoms with Gasteiger partial charge in [-0.1, -0.05) is 71.3 Å². The molecule has 0 amide bonds. The molecule has 0 radical (unpaired) electrons. The van der Waals surface area contributed by atoms with Gasteiger partial charge in [-0.15, -0.1) is 0 Å². The van der Waals surface area contributed by atoms with Crippen molar-refractivity contribution in [2.75, 3.05) is 31.1 Å². The Bertz CT molecular complexity index is 1870. The van der Waals surface area contributed by atoms with Gasteiger partial charge < -0.3 is 51.6 Å². The summed E-state index contributed by atoms with van der Waals surface area (Å²) in [5, 5.41) is 57.6. The predicted octanol–water partition coefficient (Wildman–Crippen LogP) is 5.63. The minimum Gasteiger partial charge on any atom is -0.504 e. The molecule has 0 aromatic heterocycles. The topological polar surface area (TPSA) is 191 Å². The molecule has 14 heteroatoms. The van der Waals surface area contributed by atoms with Crippen LogP contribution in [0, 0.1) is 34.5 Å². The zero-order chi connectivity index (χ0) is 43.4. The van der Waals surface area contributed by atoms with Crippen LogP contribution in [0.3, 0.4) is 0 Å². The van der Waals surface area contributed by atoms with Crippen molar-refractivity contribution in [1.29, 1.82) is 0 Å². The number of aliphatic hydroxyl groups is 3. The van der Waals surface area contributed by atoms with E-state index in [9.17, 15) is 25.2 Å². The third kappa shape index (κ3) is 10.4. The van der Waals surface area contributed by atoms with Gasteiger partial charge in [-0.3, -0.25) is 4.79 Å². The Labute approximate surface area is 376 Å². The Morgan fingerprint density at radius 3 is 2.68 bits per heavy atom. The van der Waals surface area contributed by atoms with Gasteiger partial charge in [0.25, 0.3) is 0 Å². The fourth-order valence-corrected chi connectivity index (χ4v) is 15.0. The number of nitrogens with two attached hydrogens (primary N) is 1. The highest BCUT2D eigenvalue weighted by molar-refractivity contribution is 8.76. The number of carbonyl (C=O) groups is 1. The van der Waals surface area contributed by atoms with Crippen LogP contribution in [-0.4, -0.2) is 105 Å². The van der Waals surface area contributed by atoms with Crippen molar-refractivity contribution in [3.05, 3.63) is 35.4 Å². The van der Waals surface area contributed by atoms with Crippen LogP contribution >= 0.6 is 21.6 Å². The summed E-state index contributed by atoms with van der Waals surface area (Å²) in [5.41, 5.74) is 7.20. The molecule has 9 N–H and O–H groups in total. The summed E-state index contributed by atoms with van der Waals surface area (Å²) in [6, 6.07) is 2.87. The van der Waals surface area contributed by atoms with Crippen LogP contribution in [0.2, 0.25) is 0 Å². The predicted molar refractivity (Wildman–Crippen MR) is 247 cm³/mol. The van der Waals surface area contributed by atoms with Crippen LogP contribution in [0.25, 0.3) is 0 Å². The Morgan fingerprint density at radius 2 is 1.85 bits per heavy atom. The van der Waals surface area contributed by atoms with Crippen LogP contribution in [-0.2, 0) is 22.6 Å². The fourth-order valence-electron chi connectivity index (χ4n) is 12.5. The van der Waals surface area contributed by atoms with Gasteiger partial charge in [0, 0.05) is 61.7 Å². The molecule has 342 valence electrons. The van der Waals surface area contributed by atoms with Gasteiger partial charge in [-0.05, 0) is 112 Å². The highest BCUT2D eigenvalue weighted by Crippen LogP contribution is 2.53. The maximum atomic E-state index is 12.9. The number of phenolic OH excluding ortho intramolecular Hbond substituents is 1. The summed E-state index contributed by atoms with van der Waals surface area (Å²) in [6.07, 6.45) is 16.7. The molecule has 2 saturated carbocycles. The normalized spacial score (nSPS) is 37.9. The van der Waals surface area contributed by atoms with E-state index in [4.69, 9.17) is 20.2 Å². The molecular weight excluding hydrogens is 823 g/mol. The molecule has 1 saturated heterocycles. The number of piperidine rings is 1. The third-order valence-corrected chi connectivity index (χ3v) is 18.2. The van der Waals surface area contributed by atoms with Gasteiger partial charge in [0.2, 0.25) is 0 Å². The average Bonchev–Trinajstić information content (AvgIpc) is 3.68. The van der Waals surface area contributed by atoms with E-state index >= 15 is 0 Å². The molecule has 10 unspecified atom stereocenters. The van der Waals surface area contributed by atoms with Crippen molar-refractivity contribution in [3.8, 4) is 23.3 Å². The van der Waals surface area contributed by atoms with E-state index in [0.717, 1.165) is 81.6 Å². The Hall–Kier alpha value is -2.64. The monoisotopic (exact) mass is 893 g/mol. The molecule has 3 fully saturated rings. The van der Waals surface area contributed by atoms with Crippen molar-refractivity contribution in [3.63, 3.8) is 0 Å². The standard InChI is InChI=1S/C48H71N5O7S2/c1-32(55)59-40-26-36(56)11-19-48-18-10-33-7-5-16-46(27-37(12-20-51-46)60-41-25-34(23-38(33)40)35(28-54)24-39(41)57)30-50-21-22-61-62-31-47(17-6-15-45(29-47)13-2-3-14-45)53-44(49)52-42(48)8-4-9-43(48)58/h4,8,24-25,33,36-38,40,42-43,50-51,54,56-58H,2-3,5-7,9,11-17,19-23,26-31H2,1H3,(H3,49,52,53). The van der Waals surface area contributed by atoms with Crippen molar-refractivity contribution in [2.45, 2.75) is 171 Å². The first kappa shape index (κ1) is 45.9. The highest BCUT2D eigenvalue weighted by Gasteiger charge is 2.49. The molecule has 10 atom stereocenters. The largest absolute Gasteiger partial charge is 0.504 e. The summed E-state index contributed by atoms with van der Waals surface area (Å²) >= 11 is 0. The maximum Gasteiger partial charge on any atom is 0.302 e. The van der Waals surface area contributed by atoms with Crippen LogP contribution in [0.4, 0.5) is 0 Å². The SMILES string of the molecule is CC(=O)OC1CC(O)CCC23C#CC4CCCC5(CNCCSSCC6(CCCC7(CCCC7)C6)NC(N)=NC2C=CCC3O)CC(CCN5)Oc2cc(c(CO)cc2O)CC41. The molecule has 1 aromatic carbocycles. The van der Waals surface area contributed by atoms with Gasteiger partial charge in [-0.25, -0.2) is 4.99 Å². The smallest absolute Gasteiger partial charge is 0.302 e. The number of hydrogen-bond acceptors (Lipinski definition) is 14. The molecular formula is C48H71N5O7S2. The third-order valence-electron chi connectivity index (χ3n) is 15.6. The number of ether oxygens (including phenoxy) is 2. The van der Waals surface area contributed by atoms with Crippen molar-refractivity contribution < 1.29 is 34.7 Å². The zero-order valence-corrected chi connectivity index (χ0v) is 38.3. The van der Waals surface area contributed by atoms with Crippen LogP contribution in [0.1, 0.15) is 127 Å². The number of carbonyl (C=O) groups excluding carboxylic acids is 1. The van der Waals surface area contributed by atoms with Crippen molar-refractivity contribution >= 4 is 33.5 Å². The van der Waals surface area contributed by atoms with Gasteiger partial charge in [0.15, 0.2) is 17.5 Å². The fraction of sp³-hybridized carbons (Fsp3) is 0.750. The molecule has 3 heterocycles. The Morgan fingerprint density at radius 1 is 1.03 bits per heavy atom. The minimum atomic E-state index is -1.03. The van der Waals surface area contributed by atoms with Gasteiger partial charge in [-0.2, -0.15) is 0 Å². The molecule has 4 aliphatic carbocycles. The second kappa shape index (κ2) is 19.8. The molecule has 4 spiro atoms. The van der Waals surface area contributed by atoms with Gasteiger partial charge >= 0.3 is 5.97 Å². The number of aliphatic hydroxyl groups excluding tert-OH is 3. The van der Waals surface area contributed by atoms with Gasteiger partial charge in [0.05, 0.1) is 35.8 Å².